The number of fused-ring (bicyclic) bond motifs is 1. The van der Waals surface area contributed by atoms with Crippen LogP contribution in [0.15, 0.2) is 132 Å². The zero-order valence-corrected chi connectivity index (χ0v) is 25.3. The maximum atomic E-state index is 6.62. The summed E-state index contributed by atoms with van der Waals surface area (Å²) in [5.74, 6) is 3.02. The largest absolute Gasteiger partial charge is 0.488 e. The lowest BCUT2D eigenvalue weighted by Crippen LogP contribution is -2.00. The molecular formula is C37H30BrO5+. The number of ether oxygens (including phenoxy) is 3. The van der Waals surface area contributed by atoms with Crippen LogP contribution in [0.25, 0.3) is 22.3 Å². The van der Waals surface area contributed by atoms with Crippen LogP contribution in [-0.2, 0) is 19.8 Å². The summed E-state index contributed by atoms with van der Waals surface area (Å²) in [6, 6.07) is 41.9. The van der Waals surface area contributed by atoms with Crippen LogP contribution in [0.4, 0.5) is 0 Å². The fourth-order valence-corrected chi connectivity index (χ4v) is 5.04. The van der Waals surface area contributed by atoms with Crippen molar-refractivity contribution in [2.45, 2.75) is 26.7 Å². The van der Waals surface area contributed by atoms with E-state index in [0.717, 1.165) is 39.0 Å². The smallest absolute Gasteiger partial charge is 0.402 e. The third kappa shape index (κ3) is 6.99. The molecule has 0 spiro atoms. The Morgan fingerprint density at radius 2 is 1.07 bits per heavy atom. The summed E-state index contributed by atoms with van der Waals surface area (Å²) >= 11 is 3.12. The first-order valence-corrected chi connectivity index (χ1v) is 14.7. The van der Waals surface area contributed by atoms with Crippen LogP contribution in [-0.4, -0.2) is 0 Å². The van der Waals surface area contributed by atoms with Gasteiger partial charge in [0, 0.05) is 18.2 Å². The predicted octanol–water partition coefficient (Wildman–Crippen LogP) is 10.1. The highest BCUT2D eigenvalue weighted by molar-refractivity contribution is 9.06. The molecule has 1 heterocycles. The van der Waals surface area contributed by atoms with Crippen LogP contribution < -0.4 is 18.0 Å². The minimum Gasteiger partial charge on any atom is -0.488 e. The molecule has 0 saturated carbocycles. The molecule has 6 heteroatoms. The van der Waals surface area contributed by atoms with Gasteiger partial charge in [0.05, 0.1) is 5.56 Å². The Balaban J connectivity index is 1.40. The van der Waals surface area contributed by atoms with E-state index in [1.807, 2.05) is 134 Å². The van der Waals surface area contributed by atoms with Crippen LogP contribution in [0.1, 0.15) is 22.3 Å². The van der Waals surface area contributed by atoms with Crippen LogP contribution in [0.5, 0.6) is 23.0 Å². The third-order valence-electron chi connectivity index (χ3n) is 6.96. The van der Waals surface area contributed by atoms with Gasteiger partial charge in [-0.1, -0.05) is 91.0 Å². The number of hydrogen-bond donors (Lipinski definition) is 0. The topological polar surface area (TPSA) is 48.2 Å². The number of benzene rings is 5. The summed E-state index contributed by atoms with van der Waals surface area (Å²) < 4.78 is 31.0. The van der Waals surface area contributed by atoms with E-state index < -0.39 is 0 Å². The Kier molecular flexibility index (Phi) is 8.85. The van der Waals surface area contributed by atoms with Gasteiger partial charge in [0.25, 0.3) is 0 Å². The Hall–Kier alpha value is -4.81. The molecule has 0 bridgehead atoms. The molecule has 6 aromatic rings. The molecule has 0 unspecified atom stereocenters. The fraction of sp³-hybridized carbons (Fsp3) is 0.108. The molecule has 0 amide bonds. The van der Waals surface area contributed by atoms with E-state index in [9.17, 15) is 0 Å². The molecule has 43 heavy (non-hydrogen) atoms. The van der Waals surface area contributed by atoms with Crippen LogP contribution in [0, 0.1) is 6.92 Å². The molecule has 5 aromatic carbocycles. The molecule has 5 nitrogen and oxygen atoms in total. The molecular weight excluding hydrogens is 604 g/mol. The number of halogens is 1. The maximum absolute atomic E-state index is 6.62. The highest BCUT2D eigenvalue weighted by Gasteiger charge is 2.27. The quantitative estimate of drug-likeness (QED) is 0.133. The third-order valence-corrected chi connectivity index (χ3v) is 7.31. The van der Waals surface area contributed by atoms with Crippen LogP contribution in [0.2, 0.25) is 0 Å². The zero-order chi connectivity index (χ0) is 29.4. The molecule has 0 radical (unpaired) electrons. The summed E-state index contributed by atoms with van der Waals surface area (Å²) in [5, 5.41) is 0.828. The van der Waals surface area contributed by atoms with E-state index >= 15 is 0 Å². The summed E-state index contributed by atoms with van der Waals surface area (Å²) in [6.45, 7) is 3.24. The monoisotopic (exact) mass is 633 g/mol. The molecule has 0 atom stereocenters. The Bertz CT molecular complexity index is 1810. The summed E-state index contributed by atoms with van der Waals surface area (Å²) in [5.41, 5.74) is 5.69. The standard InChI is InChI=1S/C37H30BrO5/c1-26-19-33(39-23-27-11-5-2-6-12-27)31-22-36(41-25-29-15-9-4-10-16-29)37(42-34(31)20-26)30-17-18-32(43-38)35(21-30)40-24-28-13-7-3-8-14-28/h2-22H,23-25H2,1H3/q+1. The molecule has 0 saturated heterocycles. The zero-order valence-electron chi connectivity index (χ0n) is 23.7. The van der Waals surface area contributed by atoms with E-state index in [2.05, 4.69) is 16.3 Å². The number of aryl methyl sites for hydroxylation is 1. The van der Waals surface area contributed by atoms with Crippen molar-refractivity contribution in [1.82, 2.24) is 0 Å². The molecule has 6 rings (SSSR count). The first-order chi connectivity index (χ1) is 21.2. The van der Waals surface area contributed by atoms with Crippen molar-refractivity contribution in [3.63, 3.8) is 0 Å². The molecule has 0 aliphatic carbocycles. The first-order valence-electron chi connectivity index (χ1n) is 14.0. The van der Waals surface area contributed by atoms with Gasteiger partial charge in [0.2, 0.25) is 5.75 Å². The normalized spacial score (nSPS) is 10.8. The van der Waals surface area contributed by atoms with Gasteiger partial charge >= 0.3 is 11.3 Å². The average Bonchev–Trinajstić information content (AvgIpc) is 3.06. The van der Waals surface area contributed by atoms with Crippen molar-refractivity contribution in [2.75, 3.05) is 0 Å². The van der Waals surface area contributed by atoms with Gasteiger partial charge in [0.15, 0.2) is 27.8 Å². The fourth-order valence-electron chi connectivity index (χ4n) is 4.78. The SMILES string of the molecule is Cc1cc(OCc2ccccc2)c2cc(OCc3ccccc3)c(-c3ccc(OBr)c(OCc4ccccc4)c3)[o+]c2c1. The highest BCUT2D eigenvalue weighted by atomic mass is 79.9. The van der Waals surface area contributed by atoms with Gasteiger partial charge in [-0.3, -0.25) is 0 Å². The van der Waals surface area contributed by atoms with Crippen LogP contribution >= 0.6 is 16.3 Å². The summed E-state index contributed by atoms with van der Waals surface area (Å²) in [7, 11) is 0. The van der Waals surface area contributed by atoms with Gasteiger partial charge in [-0.15, -0.1) is 0 Å². The van der Waals surface area contributed by atoms with Gasteiger partial charge in [-0.2, -0.15) is 0 Å². The number of rotatable bonds is 11. The lowest BCUT2D eigenvalue weighted by atomic mass is 10.1. The highest BCUT2D eigenvalue weighted by Crippen LogP contribution is 2.42. The van der Waals surface area contributed by atoms with Crippen molar-refractivity contribution >= 4 is 27.2 Å². The van der Waals surface area contributed by atoms with Crippen molar-refractivity contribution in [1.29, 1.82) is 0 Å². The molecule has 0 N–H and O–H groups in total. The van der Waals surface area contributed by atoms with E-state index in [-0.39, 0.29) is 0 Å². The molecule has 214 valence electrons. The summed E-state index contributed by atoms with van der Waals surface area (Å²) in [4.78, 5) is 0. The van der Waals surface area contributed by atoms with Gasteiger partial charge in [-0.25, -0.2) is 4.42 Å². The van der Waals surface area contributed by atoms with E-state index in [0.29, 0.717) is 48.4 Å². The lowest BCUT2D eigenvalue weighted by molar-refractivity contribution is 0.296. The Morgan fingerprint density at radius 3 is 1.63 bits per heavy atom. The Labute approximate surface area is 259 Å². The van der Waals surface area contributed by atoms with Gasteiger partial charge < -0.3 is 18.0 Å². The lowest BCUT2D eigenvalue weighted by Gasteiger charge is -2.12. The van der Waals surface area contributed by atoms with Crippen LogP contribution in [0.3, 0.4) is 0 Å². The van der Waals surface area contributed by atoms with Crippen molar-refractivity contribution in [2.24, 2.45) is 0 Å². The van der Waals surface area contributed by atoms with Crippen molar-refractivity contribution in [3.05, 3.63) is 150 Å². The van der Waals surface area contributed by atoms with E-state index in [4.69, 9.17) is 22.5 Å². The molecule has 0 aliphatic rings. The minimum atomic E-state index is 0.376. The minimum absolute atomic E-state index is 0.376. The van der Waals surface area contributed by atoms with Gasteiger partial charge in [-0.05, 0) is 47.4 Å². The average molecular weight is 635 g/mol. The Morgan fingerprint density at radius 1 is 0.535 bits per heavy atom. The number of hydrogen-bond acceptors (Lipinski definition) is 4. The predicted molar refractivity (Wildman–Crippen MR) is 173 cm³/mol. The van der Waals surface area contributed by atoms with Crippen molar-refractivity contribution < 1.29 is 22.5 Å². The second-order valence-electron chi connectivity index (χ2n) is 10.2. The van der Waals surface area contributed by atoms with Gasteiger partial charge in [0.1, 0.15) is 31.0 Å². The second kappa shape index (κ2) is 13.4. The maximum Gasteiger partial charge on any atom is 0.402 e. The van der Waals surface area contributed by atoms with Crippen molar-refractivity contribution in [3.8, 4) is 34.3 Å². The molecule has 1 aromatic heterocycles. The first kappa shape index (κ1) is 28.3. The molecule has 0 fully saturated rings. The van der Waals surface area contributed by atoms with E-state index in [1.54, 1.807) is 0 Å². The van der Waals surface area contributed by atoms with E-state index in [1.165, 1.54) is 0 Å². The second-order valence-corrected chi connectivity index (χ2v) is 10.5. The summed E-state index contributed by atoms with van der Waals surface area (Å²) in [6.07, 6.45) is 0. The molecule has 0 aliphatic heterocycles.